The molecule has 134 valence electrons. The molecule has 1 aliphatic rings. The minimum atomic E-state index is -0.164. The Bertz CT molecular complexity index is 1050. The Hall–Kier alpha value is -2.47. The molecule has 3 aromatic rings. The van der Waals surface area contributed by atoms with Gasteiger partial charge < -0.3 is 4.74 Å². The average Bonchev–Trinajstić information content (AvgIpc) is 3.02. The monoisotopic (exact) mass is 368 g/mol. The van der Waals surface area contributed by atoms with Gasteiger partial charge in [0.1, 0.15) is 10.6 Å². The van der Waals surface area contributed by atoms with Crippen LogP contribution >= 0.6 is 11.3 Å². The molecule has 0 aliphatic heterocycles. The highest BCUT2D eigenvalue weighted by atomic mass is 32.1. The summed E-state index contributed by atoms with van der Waals surface area (Å²) in [6, 6.07) is 7.06. The largest absolute Gasteiger partial charge is 0.496 e. The topological polar surface area (TPSA) is 61.2 Å². The Balaban J connectivity index is 1.73. The quantitative estimate of drug-likeness (QED) is 0.662. The maximum absolute atomic E-state index is 13.0. The minimum absolute atomic E-state index is 0.0385. The van der Waals surface area contributed by atoms with E-state index in [9.17, 15) is 9.59 Å². The molecule has 1 atom stereocenters. The number of aromatic nitrogens is 2. The van der Waals surface area contributed by atoms with E-state index in [2.05, 4.69) is 11.9 Å². The van der Waals surface area contributed by atoms with E-state index in [0.29, 0.717) is 22.6 Å². The molecule has 26 heavy (non-hydrogen) atoms. The third-order valence-electron chi connectivity index (χ3n) is 5.00. The number of hydrogen-bond donors (Lipinski definition) is 0. The van der Waals surface area contributed by atoms with Gasteiger partial charge in [0.15, 0.2) is 5.78 Å². The van der Waals surface area contributed by atoms with E-state index in [-0.39, 0.29) is 17.9 Å². The summed E-state index contributed by atoms with van der Waals surface area (Å²) < 4.78 is 6.67. The second-order valence-electron chi connectivity index (χ2n) is 6.83. The van der Waals surface area contributed by atoms with Crippen LogP contribution in [-0.2, 0) is 19.4 Å². The molecule has 0 radical (unpaired) electrons. The van der Waals surface area contributed by atoms with E-state index >= 15 is 0 Å². The Kier molecular flexibility index (Phi) is 4.36. The van der Waals surface area contributed by atoms with Gasteiger partial charge in [-0.2, -0.15) is 0 Å². The Morgan fingerprint density at radius 2 is 2.19 bits per heavy atom. The van der Waals surface area contributed by atoms with Crippen molar-refractivity contribution in [2.24, 2.45) is 5.92 Å². The first-order valence-electron chi connectivity index (χ1n) is 8.74. The average molecular weight is 368 g/mol. The molecule has 6 heteroatoms. The van der Waals surface area contributed by atoms with Gasteiger partial charge in [0.25, 0.3) is 5.56 Å². The van der Waals surface area contributed by atoms with Crippen LogP contribution in [0.15, 0.2) is 35.4 Å². The number of para-hydroxylation sites is 1. The molecule has 2 aromatic heterocycles. The molecule has 5 nitrogen and oxygen atoms in total. The van der Waals surface area contributed by atoms with Crippen LogP contribution in [0.3, 0.4) is 0 Å². The molecule has 2 heterocycles. The first-order chi connectivity index (χ1) is 12.6. The fourth-order valence-electron chi connectivity index (χ4n) is 3.59. The van der Waals surface area contributed by atoms with Crippen molar-refractivity contribution in [1.29, 1.82) is 0 Å². The minimum Gasteiger partial charge on any atom is -0.496 e. The van der Waals surface area contributed by atoms with Crippen LogP contribution in [0, 0.1) is 5.92 Å². The number of rotatable bonds is 4. The van der Waals surface area contributed by atoms with E-state index in [0.717, 1.165) is 29.7 Å². The highest BCUT2D eigenvalue weighted by molar-refractivity contribution is 7.18. The SMILES string of the molecule is COc1ccccc1C(=O)Cn1cnc2sc3c(c2c1=O)CC[C@@H](C)C3. The Morgan fingerprint density at radius 3 is 3.00 bits per heavy atom. The van der Waals surface area contributed by atoms with Crippen molar-refractivity contribution < 1.29 is 9.53 Å². The van der Waals surface area contributed by atoms with Crippen LogP contribution in [0.1, 0.15) is 34.1 Å². The molecule has 1 aromatic carbocycles. The van der Waals surface area contributed by atoms with Crippen LogP contribution in [0.4, 0.5) is 0 Å². The summed E-state index contributed by atoms with van der Waals surface area (Å²) in [7, 11) is 1.53. The van der Waals surface area contributed by atoms with Crippen molar-refractivity contribution in [2.75, 3.05) is 7.11 Å². The van der Waals surface area contributed by atoms with Gasteiger partial charge in [-0.3, -0.25) is 14.2 Å². The summed E-state index contributed by atoms with van der Waals surface area (Å²) in [6.07, 6.45) is 4.50. The molecule has 4 rings (SSSR count). The van der Waals surface area contributed by atoms with E-state index in [4.69, 9.17) is 4.74 Å². The predicted octanol–water partition coefficient (Wildman–Crippen LogP) is 3.47. The van der Waals surface area contributed by atoms with Gasteiger partial charge in [-0.15, -0.1) is 11.3 Å². The maximum atomic E-state index is 13.0. The summed E-state index contributed by atoms with van der Waals surface area (Å²) in [6.45, 7) is 2.20. The Labute approximate surface area is 155 Å². The molecular weight excluding hydrogens is 348 g/mol. The standard InChI is InChI=1S/C20H20N2O3S/c1-12-7-8-14-17(9-12)26-19-18(14)20(24)22(11-21-19)10-15(23)13-5-3-4-6-16(13)25-2/h3-6,11-12H,7-10H2,1-2H3/t12-/m1/s1. The number of benzene rings is 1. The zero-order valence-electron chi connectivity index (χ0n) is 14.8. The zero-order valence-corrected chi connectivity index (χ0v) is 15.6. The molecule has 0 saturated heterocycles. The van der Waals surface area contributed by atoms with Crippen molar-refractivity contribution in [3.63, 3.8) is 0 Å². The van der Waals surface area contributed by atoms with Crippen molar-refractivity contribution in [1.82, 2.24) is 9.55 Å². The second kappa shape index (κ2) is 6.68. The number of ketones is 1. The lowest BCUT2D eigenvalue weighted by molar-refractivity contribution is 0.0967. The lowest BCUT2D eigenvalue weighted by Gasteiger charge is -2.17. The summed E-state index contributed by atoms with van der Waals surface area (Å²) in [5, 5.41) is 0.701. The highest BCUT2D eigenvalue weighted by Gasteiger charge is 2.23. The summed E-state index contributed by atoms with van der Waals surface area (Å²) in [4.78, 5) is 32.2. The number of hydrogen-bond acceptors (Lipinski definition) is 5. The van der Waals surface area contributed by atoms with Gasteiger partial charge in [-0.1, -0.05) is 19.1 Å². The number of fused-ring (bicyclic) bond motifs is 3. The van der Waals surface area contributed by atoms with Crippen LogP contribution in [0.2, 0.25) is 0 Å². The van der Waals surface area contributed by atoms with Gasteiger partial charge in [0.2, 0.25) is 0 Å². The van der Waals surface area contributed by atoms with Gasteiger partial charge in [-0.25, -0.2) is 4.98 Å². The van der Waals surface area contributed by atoms with E-state index in [1.165, 1.54) is 22.9 Å². The van der Waals surface area contributed by atoms with Gasteiger partial charge in [0, 0.05) is 4.88 Å². The van der Waals surface area contributed by atoms with Crippen LogP contribution in [-0.4, -0.2) is 22.4 Å². The van der Waals surface area contributed by atoms with E-state index in [1.807, 2.05) is 6.07 Å². The number of nitrogens with zero attached hydrogens (tertiary/aromatic N) is 2. The van der Waals surface area contributed by atoms with E-state index < -0.39 is 0 Å². The fraction of sp³-hybridized carbons (Fsp3) is 0.350. The number of carbonyl (C=O) groups excluding carboxylic acids is 1. The van der Waals surface area contributed by atoms with Crippen molar-refractivity contribution in [2.45, 2.75) is 32.7 Å². The van der Waals surface area contributed by atoms with Crippen LogP contribution in [0.25, 0.3) is 10.2 Å². The van der Waals surface area contributed by atoms with Gasteiger partial charge in [0.05, 0.1) is 30.9 Å². The summed E-state index contributed by atoms with van der Waals surface area (Å²) >= 11 is 1.62. The number of methoxy groups -OCH3 is 1. The lowest BCUT2D eigenvalue weighted by Crippen LogP contribution is -2.25. The number of thiophene rings is 1. The normalized spacial score (nSPS) is 16.5. The number of Topliss-reactive ketones (excluding diaryl/α,β-unsaturated/α-hetero) is 1. The third-order valence-corrected chi connectivity index (χ3v) is 6.17. The number of ether oxygens (including phenoxy) is 1. The van der Waals surface area contributed by atoms with Crippen molar-refractivity contribution in [3.05, 3.63) is 57.0 Å². The first-order valence-corrected chi connectivity index (χ1v) is 9.56. The van der Waals surface area contributed by atoms with Crippen molar-refractivity contribution in [3.8, 4) is 5.75 Å². The Morgan fingerprint density at radius 1 is 1.38 bits per heavy atom. The molecular formula is C20H20N2O3S. The third kappa shape index (κ3) is 2.84. The molecule has 0 spiro atoms. The molecule has 0 unspecified atom stereocenters. The molecule has 0 bridgehead atoms. The molecule has 0 fully saturated rings. The van der Waals surface area contributed by atoms with Gasteiger partial charge >= 0.3 is 0 Å². The first kappa shape index (κ1) is 17.0. The number of carbonyl (C=O) groups is 1. The summed E-state index contributed by atoms with van der Waals surface area (Å²) in [5.74, 6) is 0.995. The second-order valence-corrected chi connectivity index (χ2v) is 7.92. The number of aryl methyl sites for hydroxylation is 1. The smallest absolute Gasteiger partial charge is 0.262 e. The van der Waals surface area contributed by atoms with Gasteiger partial charge in [-0.05, 0) is 42.9 Å². The molecule has 0 N–H and O–H groups in total. The lowest BCUT2D eigenvalue weighted by atomic mass is 9.89. The van der Waals surface area contributed by atoms with Crippen molar-refractivity contribution >= 4 is 27.3 Å². The summed E-state index contributed by atoms with van der Waals surface area (Å²) in [5.41, 5.74) is 1.49. The predicted molar refractivity (Wildman–Crippen MR) is 102 cm³/mol. The molecule has 0 amide bonds. The fourth-order valence-corrected chi connectivity index (χ4v) is 4.93. The maximum Gasteiger partial charge on any atom is 0.262 e. The molecule has 0 saturated carbocycles. The highest BCUT2D eigenvalue weighted by Crippen LogP contribution is 2.35. The zero-order chi connectivity index (χ0) is 18.3. The molecule has 1 aliphatic carbocycles. The van der Waals surface area contributed by atoms with Crippen LogP contribution < -0.4 is 10.3 Å². The van der Waals surface area contributed by atoms with E-state index in [1.54, 1.807) is 29.5 Å². The van der Waals surface area contributed by atoms with Crippen LogP contribution in [0.5, 0.6) is 5.75 Å².